The molecular formula is C16H16BrFO3. The Hall–Kier alpha value is -1.59. The summed E-state index contributed by atoms with van der Waals surface area (Å²) in [6.07, 6.45) is -1.00. The molecule has 0 aromatic heterocycles. The monoisotopic (exact) mass is 354 g/mol. The van der Waals surface area contributed by atoms with Crippen LogP contribution in [-0.2, 0) is 0 Å². The maximum Gasteiger partial charge on any atom is 0.133 e. The van der Waals surface area contributed by atoms with Crippen LogP contribution in [0.25, 0.3) is 0 Å². The minimum atomic E-state index is -1.00. The number of aryl methyl sites for hydroxylation is 1. The van der Waals surface area contributed by atoms with Crippen molar-refractivity contribution in [3.63, 3.8) is 0 Å². The van der Waals surface area contributed by atoms with Gasteiger partial charge in [-0.1, -0.05) is 6.07 Å². The van der Waals surface area contributed by atoms with Crippen molar-refractivity contribution in [2.75, 3.05) is 14.2 Å². The molecule has 0 aliphatic heterocycles. The molecule has 2 aromatic carbocycles. The van der Waals surface area contributed by atoms with Gasteiger partial charge < -0.3 is 14.6 Å². The third-order valence-electron chi connectivity index (χ3n) is 3.33. The second-order valence-corrected chi connectivity index (χ2v) is 5.49. The SMILES string of the molecule is COc1cc(C(O)c2cc(F)ccc2C)c(OC)cc1Br. The maximum atomic E-state index is 13.4. The van der Waals surface area contributed by atoms with Crippen molar-refractivity contribution in [1.29, 1.82) is 0 Å². The van der Waals surface area contributed by atoms with Crippen molar-refractivity contribution in [2.45, 2.75) is 13.0 Å². The van der Waals surface area contributed by atoms with Crippen LogP contribution in [-0.4, -0.2) is 19.3 Å². The number of aliphatic hydroxyl groups is 1. The summed E-state index contributed by atoms with van der Waals surface area (Å²) in [6.45, 7) is 1.82. The van der Waals surface area contributed by atoms with Crippen molar-refractivity contribution in [3.05, 3.63) is 57.3 Å². The predicted octanol–water partition coefficient (Wildman–Crippen LogP) is 4.00. The van der Waals surface area contributed by atoms with Gasteiger partial charge in [-0.05, 0) is 58.2 Å². The predicted molar refractivity (Wildman–Crippen MR) is 82.4 cm³/mol. The van der Waals surface area contributed by atoms with Gasteiger partial charge in [-0.15, -0.1) is 0 Å². The van der Waals surface area contributed by atoms with E-state index in [-0.39, 0.29) is 0 Å². The van der Waals surface area contributed by atoms with Crippen LogP contribution in [0.1, 0.15) is 22.8 Å². The molecule has 0 heterocycles. The molecule has 2 rings (SSSR count). The molecule has 0 bridgehead atoms. The molecule has 1 N–H and O–H groups in total. The fraction of sp³-hybridized carbons (Fsp3) is 0.250. The Balaban J connectivity index is 2.56. The fourth-order valence-electron chi connectivity index (χ4n) is 2.17. The molecule has 3 nitrogen and oxygen atoms in total. The van der Waals surface area contributed by atoms with Gasteiger partial charge in [0, 0.05) is 5.56 Å². The molecule has 0 aliphatic carbocycles. The lowest BCUT2D eigenvalue weighted by Gasteiger charge is -2.19. The molecule has 0 saturated heterocycles. The first-order chi connectivity index (χ1) is 9.97. The van der Waals surface area contributed by atoms with Crippen molar-refractivity contribution >= 4 is 15.9 Å². The molecule has 21 heavy (non-hydrogen) atoms. The summed E-state index contributed by atoms with van der Waals surface area (Å²) in [4.78, 5) is 0. The average Bonchev–Trinajstić information content (AvgIpc) is 2.48. The average molecular weight is 355 g/mol. The minimum absolute atomic E-state index is 0.391. The normalized spacial score (nSPS) is 12.1. The minimum Gasteiger partial charge on any atom is -0.496 e. The maximum absolute atomic E-state index is 13.4. The largest absolute Gasteiger partial charge is 0.496 e. The van der Waals surface area contributed by atoms with Gasteiger partial charge >= 0.3 is 0 Å². The molecule has 0 fully saturated rings. The number of benzene rings is 2. The first-order valence-corrected chi connectivity index (χ1v) is 7.12. The summed E-state index contributed by atoms with van der Waals surface area (Å²) in [6, 6.07) is 7.72. The van der Waals surface area contributed by atoms with Gasteiger partial charge in [-0.3, -0.25) is 0 Å². The van der Waals surface area contributed by atoms with E-state index in [2.05, 4.69) is 15.9 Å². The molecular weight excluding hydrogens is 339 g/mol. The van der Waals surface area contributed by atoms with E-state index < -0.39 is 11.9 Å². The van der Waals surface area contributed by atoms with Gasteiger partial charge in [0.15, 0.2) is 0 Å². The standard InChI is InChI=1S/C16H16BrFO3/c1-9-4-5-10(18)6-11(9)16(19)12-7-15(21-3)13(17)8-14(12)20-2/h4-8,16,19H,1-3H3. The lowest BCUT2D eigenvalue weighted by Crippen LogP contribution is -2.05. The number of halogens is 2. The zero-order chi connectivity index (χ0) is 15.6. The van der Waals surface area contributed by atoms with E-state index in [1.165, 1.54) is 26.4 Å². The summed E-state index contributed by atoms with van der Waals surface area (Å²) < 4.78 is 24.7. The number of hydrogen-bond donors (Lipinski definition) is 1. The van der Waals surface area contributed by atoms with E-state index in [9.17, 15) is 9.50 Å². The van der Waals surface area contributed by atoms with Crippen LogP contribution >= 0.6 is 15.9 Å². The Kier molecular flexibility index (Phi) is 4.85. The highest BCUT2D eigenvalue weighted by Crippen LogP contribution is 2.38. The molecule has 0 saturated carbocycles. The second kappa shape index (κ2) is 6.45. The highest BCUT2D eigenvalue weighted by Gasteiger charge is 2.20. The Morgan fingerprint density at radius 1 is 1.05 bits per heavy atom. The van der Waals surface area contributed by atoms with E-state index in [0.717, 1.165) is 5.56 Å². The molecule has 1 unspecified atom stereocenters. The molecule has 0 spiro atoms. The lowest BCUT2D eigenvalue weighted by atomic mass is 9.96. The Bertz CT molecular complexity index is 658. The zero-order valence-corrected chi connectivity index (χ0v) is 13.6. The number of hydrogen-bond acceptors (Lipinski definition) is 3. The third-order valence-corrected chi connectivity index (χ3v) is 3.95. The molecule has 112 valence electrons. The van der Waals surface area contributed by atoms with Crippen LogP contribution in [0.4, 0.5) is 4.39 Å². The van der Waals surface area contributed by atoms with Gasteiger partial charge in [0.05, 0.1) is 18.7 Å². The van der Waals surface area contributed by atoms with Gasteiger partial charge in [0.25, 0.3) is 0 Å². The van der Waals surface area contributed by atoms with Crippen LogP contribution in [0.5, 0.6) is 11.5 Å². The summed E-state index contributed by atoms with van der Waals surface area (Å²) >= 11 is 3.37. The van der Waals surface area contributed by atoms with Gasteiger partial charge in [-0.2, -0.15) is 0 Å². The first kappa shape index (κ1) is 15.8. The van der Waals surface area contributed by atoms with E-state index in [4.69, 9.17) is 9.47 Å². The molecule has 2 aromatic rings. The van der Waals surface area contributed by atoms with Crippen molar-refractivity contribution in [1.82, 2.24) is 0 Å². The summed E-state index contributed by atoms with van der Waals surface area (Å²) in [5.74, 6) is 0.676. The third kappa shape index (κ3) is 3.19. The molecule has 0 aliphatic rings. The van der Waals surface area contributed by atoms with Gasteiger partial charge in [0.1, 0.15) is 23.4 Å². The van der Waals surface area contributed by atoms with Gasteiger partial charge in [0.2, 0.25) is 0 Å². The number of methoxy groups -OCH3 is 2. The molecule has 5 heteroatoms. The number of ether oxygens (including phenoxy) is 2. The topological polar surface area (TPSA) is 38.7 Å². The van der Waals surface area contributed by atoms with E-state index >= 15 is 0 Å². The smallest absolute Gasteiger partial charge is 0.133 e. The number of aliphatic hydroxyl groups excluding tert-OH is 1. The van der Waals surface area contributed by atoms with Crippen molar-refractivity contribution in [2.24, 2.45) is 0 Å². The first-order valence-electron chi connectivity index (χ1n) is 6.33. The Morgan fingerprint density at radius 3 is 2.33 bits per heavy atom. The molecule has 0 amide bonds. The second-order valence-electron chi connectivity index (χ2n) is 4.63. The highest BCUT2D eigenvalue weighted by molar-refractivity contribution is 9.10. The van der Waals surface area contributed by atoms with Crippen LogP contribution in [0.3, 0.4) is 0 Å². The molecule has 0 radical (unpaired) electrons. The molecule has 1 atom stereocenters. The number of rotatable bonds is 4. The summed E-state index contributed by atoms with van der Waals surface area (Å²) in [5, 5.41) is 10.6. The fourth-order valence-corrected chi connectivity index (χ4v) is 2.66. The summed E-state index contributed by atoms with van der Waals surface area (Å²) in [7, 11) is 3.05. The van der Waals surface area contributed by atoms with Crippen LogP contribution < -0.4 is 9.47 Å². The summed E-state index contributed by atoms with van der Waals surface area (Å²) in [5.41, 5.74) is 1.82. The van der Waals surface area contributed by atoms with Crippen LogP contribution in [0.15, 0.2) is 34.8 Å². The van der Waals surface area contributed by atoms with Crippen molar-refractivity contribution < 1.29 is 19.0 Å². The van der Waals surface area contributed by atoms with E-state index in [1.54, 1.807) is 18.2 Å². The van der Waals surface area contributed by atoms with E-state index in [0.29, 0.717) is 27.1 Å². The van der Waals surface area contributed by atoms with Crippen molar-refractivity contribution in [3.8, 4) is 11.5 Å². The van der Waals surface area contributed by atoms with Gasteiger partial charge in [-0.25, -0.2) is 4.39 Å². The highest BCUT2D eigenvalue weighted by atomic mass is 79.9. The lowest BCUT2D eigenvalue weighted by molar-refractivity contribution is 0.213. The Morgan fingerprint density at radius 2 is 1.71 bits per heavy atom. The Labute approximate surface area is 131 Å². The van der Waals surface area contributed by atoms with Crippen LogP contribution in [0, 0.1) is 12.7 Å². The zero-order valence-electron chi connectivity index (χ0n) is 12.0. The van der Waals surface area contributed by atoms with E-state index in [1.807, 2.05) is 6.92 Å². The quantitative estimate of drug-likeness (QED) is 0.901. The van der Waals surface area contributed by atoms with Crippen LogP contribution in [0.2, 0.25) is 0 Å².